The van der Waals surface area contributed by atoms with Crippen LogP contribution >= 0.6 is 0 Å². The number of morpholine rings is 1. The lowest BCUT2D eigenvalue weighted by Crippen LogP contribution is -2.35. The van der Waals surface area contributed by atoms with Gasteiger partial charge in [-0.2, -0.15) is 5.10 Å². The molecule has 202 valence electrons. The summed E-state index contributed by atoms with van der Waals surface area (Å²) >= 11 is 0. The van der Waals surface area contributed by atoms with Gasteiger partial charge >= 0.3 is 12.0 Å². The maximum atomic E-state index is 12.0. The molecule has 5 N–H and O–H groups in total. The number of amides is 2. The maximum Gasteiger partial charge on any atom is 0.328 e. The van der Waals surface area contributed by atoms with Crippen LogP contribution in [-0.4, -0.2) is 74.5 Å². The van der Waals surface area contributed by atoms with Crippen molar-refractivity contribution in [3.8, 4) is 11.5 Å². The Morgan fingerprint density at radius 2 is 1.92 bits per heavy atom. The molecule has 3 heterocycles. The third kappa shape index (κ3) is 7.53. The number of urea groups is 1. The molecular formula is C28H31N7O4. The normalized spacial score (nSPS) is 15.6. The van der Waals surface area contributed by atoms with Crippen molar-refractivity contribution >= 4 is 34.8 Å². The van der Waals surface area contributed by atoms with Crippen molar-refractivity contribution in [2.24, 2.45) is 0 Å². The number of ether oxygens (including phenoxy) is 1. The highest BCUT2D eigenvalue weighted by Gasteiger charge is 2.24. The molecule has 0 atom stereocenters. The van der Waals surface area contributed by atoms with Crippen LogP contribution in [0, 0.1) is 0 Å². The molecule has 11 heteroatoms. The summed E-state index contributed by atoms with van der Waals surface area (Å²) in [5.74, 6) is -0.272. The number of aliphatic carboxylic acids is 1. The summed E-state index contributed by atoms with van der Waals surface area (Å²) in [7, 11) is 0. The number of rotatable bonds is 7. The van der Waals surface area contributed by atoms with Crippen LogP contribution in [0.15, 0.2) is 60.8 Å². The Hall–Kier alpha value is -4.48. The fourth-order valence-electron chi connectivity index (χ4n) is 4.16. The van der Waals surface area contributed by atoms with Gasteiger partial charge in [-0.25, -0.2) is 14.6 Å². The number of carboxylic acids is 1. The quantitative estimate of drug-likeness (QED) is 0.228. The van der Waals surface area contributed by atoms with Gasteiger partial charge in [-0.15, -0.1) is 0 Å². The van der Waals surface area contributed by atoms with E-state index in [1.165, 1.54) is 5.56 Å². The van der Waals surface area contributed by atoms with Gasteiger partial charge in [0.05, 0.1) is 36.1 Å². The first-order valence-corrected chi connectivity index (χ1v) is 12.9. The molecule has 2 aromatic carbocycles. The summed E-state index contributed by atoms with van der Waals surface area (Å²) in [6, 6.07) is 15.6. The van der Waals surface area contributed by atoms with Gasteiger partial charge in [0.1, 0.15) is 5.69 Å². The monoisotopic (exact) mass is 529 g/mol. The lowest BCUT2D eigenvalue weighted by molar-refractivity contribution is -0.131. The number of aromatic amines is 2. The molecule has 11 nitrogen and oxygen atoms in total. The van der Waals surface area contributed by atoms with E-state index in [2.05, 4.69) is 47.8 Å². The van der Waals surface area contributed by atoms with Gasteiger partial charge in [0.2, 0.25) is 0 Å². The average molecular weight is 530 g/mol. The minimum Gasteiger partial charge on any atom is -0.478 e. The van der Waals surface area contributed by atoms with Crippen molar-refractivity contribution in [3.05, 3.63) is 71.9 Å². The zero-order valence-corrected chi connectivity index (χ0v) is 21.4. The molecule has 0 unspecified atom stereocenters. The van der Waals surface area contributed by atoms with E-state index in [0.717, 1.165) is 68.4 Å². The van der Waals surface area contributed by atoms with Crippen molar-refractivity contribution in [2.45, 2.75) is 25.4 Å². The molecule has 39 heavy (non-hydrogen) atoms. The Labute approximate surface area is 225 Å². The number of hydrogen-bond donors (Lipinski definition) is 5. The number of H-pyrrole nitrogens is 2. The third-order valence-corrected chi connectivity index (χ3v) is 6.31. The molecule has 1 saturated carbocycles. The topological polar surface area (TPSA) is 148 Å². The SMILES string of the molecule is O=C(Nc1cn[nH]c1-c1nc2ccc(CN3CCOCC3)cc2[nH]1)NC1CC1.O=C(O)/C=C/c1ccccc1. The predicted octanol–water partition coefficient (Wildman–Crippen LogP) is 3.85. The highest BCUT2D eigenvalue weighted by atomic mass is 16.5. The number of hydrogen-bond acceptors (Lipinski definition) is 6. The standard InChI is InChI=1S/C19H23N7O2.C9H8O2/c27-19(21-13-2-3-13)24-16-10-20-25-17(16)18-22-14-4-1-12(9-15(14)23-18)11-26-5-7-28-8-6-26;10-9(11)7-6-8-4-2-1-3-5-8/h1,4,9-10,13H,2-3,5-8,11H2,(H,20,25)(H,22,23)(H2,21,24,27);1-7H,(H,10,11)/b;7-6+. The van der Waals surface area contributed by atoms with E-state index in [4.69, 9.17) is 9.84 Å². The zero-order chi connectivity index (χ0) is 27.0. The molecule has 0 spiro atoms. The summed E-state index contributed by atoms with van der Waals surface area (Å²) in [5.41, 5.74) is 5.24. The molecule has 4 aromatic rings. The number of carbonyl (C=O) groups excluding carboxylic acids is 1. The Morgan fingerprint density at radius 3 is 2.67 bits per heavy atom. The van der Waals surface area contributed by atoms with Gasteiger partial charge in [0.15, 0.2) is 5.82 Å². The maximum absolute atomic E-state index is 12.0. The highest BCUT2D eigenvalue weighted by molar-refractivity contribution is 5.93. The first-order valence-electron chi connectivity index (χ1n) is 12.9. The van der Waals surface area contributed by atoms with Crippen LogP contribution in [-0.2, 0) is 16.1 Å². The van der Waals surface area contributed by atoms with E-state index < -0.39 is 5.97 Å². The Bertz CT molecular complexity index is 1440. The summed E-state index contributed by atoms with van der Waals surface area (Å²) < 4.78 is 5.41. The molecule has 2 aliphatic rings. The van der Waals surface area contributed by atoms with Gasteiger partial charge < -0.3 is 25.5 Å². The highest BCUT2D eigenvalue weighted by Crippen LogP contribution is 2.26. The first-order chi connectivity index (χ1) is 19.0. The second-order valence-corrected chi connectivity index (χ2v) is 9.44. The van der Waals surface area contributed by atoms with E-state index in [1.54, 1.807) is 12.3 Å². The Morgan fingerprint density at radius 1 is 1.13 bits per heavy atom. The molecule has 6 rings (SSSR count). The third-order valence-electron chi connectivity index (χ3n) is 6.31. The van der Waals surface area contributed by atoms with E-state index in [-0.39, 0.29) is 6.03 Å². The molecule has 0 radical (unpaired) electrons. The number of anilines is 1. The van der Waals surface area contributed by atoms with Crippen LogP contribution in [0.25, 0.3) is 28.6 Å². The minimum atomic E-state index is -0.922. The van der Waals surface area contributed by atoms with E-state index >= 15 is 0 Å². The number of aromatic nitrogens is 4. The molecule has 1 aliphatic heterocycles. The van der Waals surface area contributed by atoms with Crippen LogP contribution in [0.4, 0.5) is 10.5 Å². The number of carboxylic acid groups (broad SMARTS) is 1. The molecule has 2 amide bonds. The van der Waals surface area contributed by atoms with E-state index in [1.807, 2.05) is 36.4 Å². The van der Waals surface area contributed by atoms with Gasteiger partial charge in [-0.3, -0.25) is 10.00 Å². The van der Waals surface area contributed by atoms with Crippen LogP contribution in [0.3, 0.4) is 0 Å². The smallest absolute Gasteiger partial charge is 0.328 e. The number of fused-ring (bicyclic) bond motifs is 1. The van der Waals surface area contributed by atoms with Crippen LogP contribution in [0.2, 0.25) is 0 Å². The second-order valence-electron chi connectivity index (χ2n) is 9.44. The fraction of sp³-hybridized carbons (Fsp3) is 0.286. The van der Waals surface area contributed by atoms with E-state index in [9.17, 15) is 9.59 Å². The van der Waals surface area contributed by atoms with Crippen LogP contribution in [0.5, 0.6) is 0 Å². The number of nitrogens with one attached hydrogen (secondary N) is 4. The first kappa shape index (κ1) is 26.1. The molecule has 1 aliphatic carbocycles. The average Bonchev–Trinajstić information content (AvgIpc) is 3.46. The summed E-state index contributed by atoms with van der Waals surface area (Å²) in [4.78, 5) is 32.5. The second kappa shape index (κ2) is 12.4. The fourth-order valence-corrected chi connectivity index (χ4v) is 4.16. The summed E-state index contributed by atoms with van der Waals surface area (Å²) in [6.07, 6.45) is 6.36. The molecule has 2 aromatic heterocycles. The van der Waals surface area contributed by atoms with Crippen molar-refractivity contribution in [2.75, 3.05) is 31.6 Å². The Kier molecular flexibility index (Phi) is 8.29. The predicted molar refractivity (Wildman–Crippen MR) is 148 cm³/mol. The van der Waals surface area contributed by atoms with Crippen LogP contribution < -0.4 is 10.6 Å². The number of benzene rings is 2. The van der Waals surface area contributed by atoms with Gasteiger partial charge in [0, 0.05) is 31.8 Å². The molecule has 0 bridgehead atoms. The van der Waals surface area contributed by atoms with Crippen molar-refractivity contribution in [1.82, 2.24) is 30.4 Å². The zero-order valence-electron chi connectivity index (χ0n) is 21.4. The number of carbonyl (C=O) groups is 2. The molecular weight excluding hydrogens is 498 g/mol. The van der Waals surface area contributed by atoms with Crippen LogP contribution in [0.1, 0.15) is 24.0 Å². The van der Waals surface area contributed by atoms with Gasteiger partial charge in [-0.05, 0) is 42.2 Å². The number of nitrogens with zero attached hydrogens (tertiary/aromatic N) is 3. The largest absolute Gasteiger partial charge is 0.478 e. The van der Waals surface area contributed by atoms with Crippen molar-refractivity contribution < 1.29 is 19.4 Å². The molecule has 2 fully saturated rings. The lowest BCUT2D eigenvalue weighted by atomic mass is 10.2. The minimum absolute atomic E-state index is 0.214. The van der Waals surface area contributed by atoms with Gasteiger partial charge in [0.25, 0.3) is 0 Å². The molecule has 1 saturated heterocycles. The number of imidazole rings is 1. The Balaban J connectivity index is 0.000000237. The van der Waals surface area contributed by atoms with E-state index in [0.29, 0.717) is 23.2 Å². The summed E-state index contributed by atoms with van der Waals surface area (Å²) in [5, 5.41) is 21.0. The van der Waals surface area contributed by atoms with Gasteiger partial charge in [-0.1, -0.05) is 36.4 Å². The summed E-state index contributed by atoms with van der Waals surface area (Å²) in [6.45, 7) is 4.39. The van der Waals surface area contributed by atoms with Crippen molar-refractivity contribution in [3.63, 3.8) is 0 Å². The lowest BCUT2D eigenvalue weighted by Gasteiger charge is -2.26. The van der Waals surface area contributed by atoms with Crippen molar-refractivity contribution in [1.29, 1.82) is 0 Å².